The summed E-state index contributed by atoms with van der Waals surface area (Å²) in [6.45, 7) is 24.0. The van der Waals surface area contributed by atoms with Crippen molar-refractivity contribution in [3.05, 3.63) is 28.8 Å². The Morgan fingerprint density at radius 3 is 2.22 bits per heavy atom. The number of ether oxygens (including phenoxy) is 3. The molecule has 0 aliphatic heterocycles. The van der Waals surface area contributed by atoms with E-state index in [-0.39, 0.29) is 11.5 Å². The van der Waals surface area contributed by atoms with Crippen LogP contribution in [0.1, 0.15) is 96.8 Å². The number of hydrogen-bond acceptors (Lipinski definition) is 5. The number of carbonyl (C=O) groups is 1. The third-order valence-electron chi connectivity index (χ3n) is 6.91. The lowest BCUT2D eigenvalue weighted by atomic mass is 9.88. The highest BCUT2D eigenvalue weighted by Gasteiger charge is 2.28. The minimum Gasteiger partial charge on any atom is -0.491 e. The number of benzene rings is 1. The average Bonchev–Trinajstić information content (AvgIpc) is 2.79. The van der Waals surface area contributed by atoms with Crippen LogP contribution in [0.15, 0.2) is 12.1 Å². The van der Waals surface area contributed by atoms with Crippen LogP contribution in [0, 0.1) is 19.3 Å². The molecule has 0 aromatic heterocycles. The first-order valence-electron chi connectivity index (χ1n) is 14.2. The Labute approximate surface area is 227 Å². The molecule has 0 heterocycles. The Morgan fingerprint density at radius 1 is 0.973 bits per heavy atom. The monoisotopic (exact) mass is 520 g/mol. The summed E-state index contributed by atoms with van der Waals surface area (Å²) in [7, 11) is 2.13. The standard InChI is InChI=1S/C31H56N2O4/c1-11-16-33(10)17-12-15-32-29(34)30(6,7)13-19-37-31(8,9)14-18-35-20-21-36-28-25(4)22-27(24(2)3)23-26(28)5/h22-24H,11-21H2,1-10H3,(H,32,34). The highest BCUT2D eigenvalue weighted by atomic mass is 16.5. The van der Waals surface area contributed by atoms with E-state index in [1.165, 1.54) is 16.7 Å². The van der Waals surface area contributed by atoms with Crippen LogP contribution < -0.4 is 10.1 Å². The number of nitrogens with one attached hydrogen (secondary N) is 1. The molecule has 1 rings (SSSR count). The molecule has 1 aromatic carbocycles. The van der Waals surface area contributed by atoms with Gasteiger partial charge in [-0.1, -0.05) is 46.8 Å². The van der Waals surface area contributed by atoms with Gasteiger partial charge in [0, 0.05) is 25.2 Å². The molecule has 1 amide bonds. The van der Waals surface area contributed by atoms with Gasteiger partial charge in [-0.25, -0.2) is 0 Å². The molecule has 1 N–H and O–H groups in total. The summed E-state index contributed by atoms with van der Waals surface area (Å²) < 4.78 is 18.0. The second-order valence-corrected chi connectivity index (χ2v) is 12.0. The molecule has 0 fully saturated rings. The smallest absolute Gasteiger partial charge is 0.225 e. The zero-order valence-electron chi connectivity index (χ0n) is 25.6. The Kier molecular flexibility index (Phi) is 14.8. The highest BCUT2D eigenvalue weighted by molar-refractivity contribution is 5.81. The van der Waals surface area contributed by atoms with Crippen molar-refractivity contribution in [1.29, 1.82) is 0 Å². The Bertz CT molecular complexity index is 781. The molecule has 0 aliphatic carbocycles. The van der Waals surface area contributed by atoms with E-state index in [4.69, 9.17) is 14.2 Å². The van der Waals surface area contributed by atoms with E-state index in [9.17, 15) is 4.79 Å². The van der Waals surface area contributed by atoms with E-state index in [0.29, 0.717) is 45.3 Å². The van der Waals surface area contributed by atoms with Crippen molar-refractivity contribution in [3.63, 3.8) is 0 Å². The summed E-state index contributed by atoms with van der Waals surface area (Å²) in [4.78, 5) is 14.9. The molecule has 1 aromatic rings. The van der Waals surface area contributed by atoms with Gasteiger partial charge in [0.15, 0.2) is 0 Å². The van der Waals surface area contributed by atoms with Crippen molar-refractivity contribution in [2.75, 3.05) is 53.1 Å². The molecule has 0 saturated carbocycles. The second-order valence-electron chi connectivity index (χ2n) is 12.0. The summed E-state index contributed by atoms with van der Waals surface area (Å²) in [5.41, 5.74) is 2.93. The molecule has 0 saturated heterocycles. The largest absolute Gasteiger partial charge is 0.491 e. The number of amides is 1. The Hall–Kier alpha value is -1.63. The van der Waals surface area contributed by atoms with Gasteiger partial charge >= 0.3 is 0 Å². The van der Waals surface area contributed by atoms with Crippen LogP contribution >= 0.6 is 0 Å². The first-order valence-corrected chi connectivity index (χ1v) is 14.2. The maximum Gasteiger partial charge on any atom is 0.225 e. The zero-order valence-corrected chi connectivity index (χ0v) is 25.6. The first kappa shape index (κ1) is 33.4. The van der Waals surface area contributed by atoms with Crippen LogP contribution in [0.3, 0.4) is 0 Å². The summed E-state index contributed by atoms with van der Waals surface area (Å²) in [5.74, 6) is 1.57. The minimum atomic E-state index is -0.455. The molecule has 0 aliphatic rings. The Morgan fingerprint density at radius 2 is 1.62 bits per heavy atom. The van der Waals surface area contributed by atoms with Gasteiger partial charge in [-0.3, -0.25) is 4.79 Å². The maximum atomic E-state index is 12.6. The van der Waals surface area contributed by atoms with Crippen molar-refractivity contribution in [2.24, 2.45) is 5.41 Å². The van der Waals surface area contributed by atoms with E-state index in [2.05, 4.69) is 77.9 Å². The molecule has 0 unspecified atom stereocenters. The quantitative estimate of drug-likeness (QED) is 0.218. The lowest BCUT2D eigenvalue weighted by molar-refractivity contribution is -0.131. The third kappa shape index (κ3) is 13.1. The lowest BCUT2D eigenvalue weighted by Gasteiger charge is -2.29. The molecule has 6 nitrogen and oxygen atoms in total. The number of nitrogens with zero attached hydrogens (tertiary/aromatic N) is 1. The van der Waals surface area contributed by atoms with Gasteiger partial charge in [0.1, 0.15) is 12.4 Å². The fraction of sp³-hybridized carbons (Fsp3) is 0.774. The second kappa shape index (κ2) is 16.4. The van der Waals surface area contributed by atoms with Crippen LogP contribution in [-0.2, 0) is 14.3 Å². The topological polar surface area (TPSA) is 60.0 Å². The van der Waals surface area contributed by atoms with Gasteiger partial charge in [-0.15, -0.1) is 0 Å². The molecular formula is C31H56N2O4. The van der Waals surface area contributed by atoms with Gasteiger partial charge in [0.25, 0.3) is 0 Å². The van der Waals surface area contributed by atoms with Gasteiger partial charge in [0.2, 0.25) is 5.91 Å². The van der Waals surface area contributed by atoms with Crippen molar-refractivity contribution in [3.8, 4) is 5.75 Å². The van der Waals surface area contributed by atoms with Crippen LogP contribution in [0.4, 0.5) is 0 Å². The van der Waals surface area contributed by atoms with Crippen LogP contribution in [0.2, 0.25) is 0 Å². The van der Waals surface area contributed by atoms with Gasteiger partial charge in [-0.05, 0) is 96.1 Å². The van der Waals surface area contributed by atoms with E-state index < -0.39 is 5.41 Å². The highest BCUT2D eigenvalue weighted by Crippen LogP contribution is 2.28. The van der Waals surface area contributed by atoms with E-state index in [1.807, 2.05) is 13.8 Å². The van der Waals surface area contributed by atoms with Gasteiger partial charge in [-0.2, -0.15) is 0 Å². The van der Waals surface area contributed by atoms with Gasteiger partial charge < -0.3 is 24.4 Å². The lowest BCUT2D eigenvalue weighted by Crippen LogP contribution is -2.39. The number of hydrogen-bond donors (Lipinski definition) is 1. The molecule has 0 bridgehead atoms. The first-order chi connectivity index (χ1) is 17.3. The molecule has 0 radical (unpaired) electrons. The molecular weight excluding hydrogens is 464 g/mol. The summed E-state index contributed by atoms with van der Waals surface area (Å²) in [5, 5.41) is 3.10. The van der Waals surface area contributed by atoms with Crippen molar-refractivity contribution in [2.45, 2.75) is 99.5 Å². The van der Waals surface area contributed by atoms with Crippen LogP contribution in [0.25, 0.3) is 0 Å². The minimum absolute atomic E-state index is 0.0969. The number of aryl methyl sites for hydroxylation is 2. The molecule has 0 spiro atoms. The SMILES string of the molecule is CCCN(C)CCCNC(=O)C(C)(C)CCOC(C)(C)CCOCCOc1c(C)cc(C(C)C)cc1C. The predicted octanol–water partition coefficient (Wildman–Crippen LogP) is 6.27. The molecule has 0 atom stereocenters. The third-order valence-corrected chi connectivity index (χ3v) is 6.91. The normalized spacial score (nSPS) is 12.4. The van der Waals surface area contributed by atoms with E-state index in [1.54, 1.807) is 0 Å². The van der Waals surface area contributed by atoms with E-state index >= 15 is 0 Å². The fourth-order valence-electron chi connectivity index (χ4n) is 4.22. The fourth-order valence-corrected chi connectivity index (χ4v) is 4.22. The number of rotatable bonds is 19. The average molecular weight is 521 g/mol. The van der Waals surface area contributed by atoms with Crippen molar-refractivity contribution < 1.29 is 19.0 Å². The molecule has 37 heavy (non-hydrogen) atoms. The summed E-state index contributed by atoms with van der Waals surface area (Å²) >= 11 is 0. The van der Waals surface area contributed by atoms with Crippen molar-refractivity contribution >= 4 is 5.91 Å². The molecule has 6 heteroatoms. The summed E-state index contributed by atoms with van der Waals surface area (Å²) in [6, 6.07) is 4.43. The number of carbonyl (C=O) groups excluding carboxylic acids is 1. The molecule has 214 valence electrons. The Balaban J connectivity index is 2.26. The van der Waals surface area contributed by atoms with E-state index in [0.717, 1.165) is 38.1 Å². The van der Waals surface area contributed by atoms with Gasteiger partial charge in [0.05, 0.1) is 12.2 Å². The van der Waals surface area contributed by atoms with Crippen LogP contribution in [0.5, 0.6) is 5.75 Å². The van der Waals surface area contributed by atoms with Crippen molar-refractivity contribution in [1.82, 2.24) is 10.2 Å². The zero-order chi connectivity index (χ0) is 28.1. The van der Waals surface area contributed by atoms with Crippen LogP contribution in [-0.4, -0.2) is 69.5 Å². The summed E-state index contributed by atoms with van der Waals surface area (Å²) in [6.07, 6.45) is 3.59. The maximum absolute atomic E-state index is 12.6. The predicted molar refractivity (Wildman–Crippen MR) is 155 cm³/mol.